The molecule has 0 saturated carbocycles. The molecular weight excluding hydrogens is 337 g/mol. The van der Waals surface area contributed by atoms with Crippen molar-refractivity contribution in [3.63, 3.8) is 0 Å². The van der Waals surface area contributed by atoms with Gasteiger partial charge < -0.3 is 9.73 Å². The molecule has 1 aromatic carbocycles. The highest BCUT2D eigenvalue weighted by Gasteiger charge is 2.18. The Labute approximate surface area is 140 Å². The zero-order valence-corrected chi connectivity index (χ0v) is 14.1. The highest BCUT2D eigenvalue weighted by molar-refractivity contribution is 8.01. The van der Waals surface area contributed by atoms with Crippen LogP contribution in [0, 0.1) is 5.82 Å². The molecule has 2 aromatic heterocycles. The van der Waals surface area contributed by atoms with Gasteiger partial charge in [-0.3, -0.25) is 0 Å². The predicted molar refractivity (Wildman–Crippen MR) is 88.0 cm³/mol. The first kappa shape index (κ1) is 15.9. The van der Waals surface area contributed by atoms with Crippen LogP contribution < -0.4 is 5.32 Å². The van der Waals surface area contributed by atoms with Crippen molar-refractivity contribution in [2.45, 2.75) is 23.4 Å². The fraction of sp³-hybridized carbons (Fsp3) is 0.286. The Morgan fingerprint density at radius 3 is 2.74 bits per heavy atom. The van der Waals surface area contributed by atoms with Crippen LogP contribution in [0.25, 0.3) is 11.5 Å². The number of anilines is 1. The smallest absolute Gasteiger partial charge is 0.247 e. The van der Waals surface area contributed by atoms with E-state index in [9.17, 15) is 4.39 Å². The lowest BCUT2D eigenvalue weighted by molar-refractivity contribution is 0.509. The van der Waals surface area contributed by atoms with Crippen molar-refractivity contribution >= 4 is 28.2 Å². The SMILES string of the molecule is CCNc1nnc(S[C@H](C)c2nnc(-c3ccc(F)cc3)o2)s1. The van der Waals surface area contributed by atoms with E-state index in [2.05, 4.69) is 25.7 Å². The molecule has 0 fully saturated rings. The molecule has 0 aliphatic carbocycles. The third kappa shape index (κ3) is 3.85. The Bertz CT molecular complexity index is 774. The van der Waals surface area contributed by atoms with Gasteiger partial charge >= 0.3 is 0 Å². The predicted octanol–water partition coefficient (Wildman–Crippen LogP) is 4.01. The number of hydrogen-bond acceptors (Lipinski definition) is 8. The van der Waals surface area contributed by atoms with Crippen LogP contribution in [-0.4, -0.2) is 26.9 Å². The van der Waals surface area contributed by atoms with Gasteiger partial charge in [0.2, 0.25) is 16.9 Å². The second kappa shape index (κ2) is 7.05. The summed E-state index contributed by atoms with van der Waals surface area (Å²) in [6, 6.07) is 5.94. The number of aromatic nitrogens is 4. The third-order valence-electron chi connectivity index (χ3n) is 2.89. The van der Waals surface area contributed by atoms with Crippen LogP contribution in [0.4, 0.5) is 9.52 Å². The van der Waals surface area contributed by atoms with Crippen molar-refractivity contribution in [1.82, 2.24) is 20.4 Å². The molecule has 9 heteroatoms. The van der Waals surface area contributed by atoms with Crippen LogP contribution in [0.1, 0.15) is 25.0 Å². The number of hydrogen-bond donors (Lipinski definition) is 1. The second-order valence-corrected chi connectivity index (χ2v) is 7.18. The fourth-order valence-electron chi connectivity index (χ4n) is 1.79. The average molecular weight is 351 g/mol. The lowest BCUT2D eigenvalue weighted by Crippen LogP contribution is -1.94. The number of benzene rings is 1. The molecule has 0 bridgehead atoms. The summed E-state index contributed by atoms with van der Waals surface area (Å²) in [5, 5.41) is 20.1. The normalized spacial score (nSPS) is 12.3. The molecule has 1 atom stereocenters. The molecular formula is C14H14FN5OS2. The molecule has 0 radical (unpaired) electrons. The van der Waals surface area contributed by atoms with E-state index in [0.717, 1.165) is 16.0 Å². The van der Waals surface area contributed by atoms with Crippen LogP contribution in [-0.2, 0) is 0 Å². The molecule has 120 valence electrons. The number of rotatable bonds is 6. The summed E-state index contributed by atoms with van der Waals surface area (Å²) in [5.74, 6) is 0.567. The zero-order valence-electron chi connectivity index (χ0n) is 12.5. The van der Waals surface area contributed by atoms with Gasteiger partial charge in [0.05, 0.1) is 5.25 Å². The summed E-state index contributed by atoms with van der Waals surface area (Å²) < 4.78 is 19.5. The quantitative estimate of drug-likeness (QED) is 0.672. The number of nitrogens with zero attached hydrogens (tertiary/aromatic N) is 4. The second-order valence-electron chi connectivity index (χ2n) is 4.62. The lowest BCUT2D eigenvalue weighted by Gasteiger charge is -2.02. The van der Waals surface area contributed by atoms with Gasteiger partial charge in [-0.15, -0.1) is 20.4 Å². The number of nitrogens with one attached hydrogen (secondary N) is 1. The van der Waals surface area contributed by atoms with E-state index in [1.54, 1.807) is 12.1 Å². The molecule has 6 nitrogen and oxygen atoms in total. The molecule has 0 unspecified atom stereocenters. The Morgan fingerprint density at radius 1 is 1.22 bits per heavy atom. The van der Waals surface area contributed by atoms with Crippen LogP contribution in [0.3, 0.4) is 0 Å². The van der Waals surface area contributed by atoms with Crippen molar-refractivity contribution in [3.8, 4) is 11.5 Å². The van der Waals surface area contributed by atoms with Crippen molar-refractivity contribution < 1.29 is 8.81 Å². The van der Waals surface area contributed by atoms with Crippen molar-refractivity contribution in [3.05, 3.63) is 36.0 Å². The molecule has 23 heavy (non-hydrogen) atoms. The molecule has 0 spiro atoms. The number of thioether (sulfide) groups is 1. The first-order valence-corrected chi connectivity index (χ1v) is 8.68. The summed E-state index contributed by atoms with van der Waals surface area (Å²) in [6.07, 6.45) is 0. The first-order chi connectivity index (χ1) is 11.2. The third-order valence-corrected chi connectivity index (χ3v) is 4.94. The van der Waals surface area contributed by atoms with Gasteiger partial charge in [-0.25, -0.2) is 4.39 Å². The first-order valence-electron chi connectivity index (χ1n) is 6.99. The Kier molecular flexibility index (Phi) is 4.87. The van der Waals surface area contributed by atoms with Gasteiger partial charge in [0.15, 0.2) is 4.34 Å². The summed E-state index contributed by atoms with van der Waals surface area (Å²) in [5.41, 5.74) is 0.688. The highest BCUT2D eigenvalue weighted by Crippen LogP contribution is 2.37. The van der Waals surface area contributed by atoms with Crippen LogP contribution in [0.2, 0.25) is 0 Å². The van der Waals surface area contributed by atoms with E-state index in [4.69, 9.17) is 4.42 Å². The molecule has 0 saturated heterocycles. The number of halogens is 1. The van der Waals surface area contributed by atoms with Gasteiger partial charge in [0.1, 0.15) is 5.82 Å². The minimum absolute atomic E-state index is 0.0564. The maximum atomic E-state index is 12.9. The topological polar surface area (TPSA) is 76.7 Å². The van der Waals surface area contributed by atoms with Gasteiger partial charge in [0, 0.05) is 12.1 Å². The van der Waals surface area contributed by atoms with Crippen molar-refractivity contribution in [2.75, 3.05) is 11.9 Å². The molecule has 0 amide bonds. The highest BCUT2D eigenvalue weighted by atomic mass is 32.2. The largest absolute Gasteiger partial charge is 0.419 e. The van der Waals surface area contributed by atoms with Gasteiger partial charge in [-0.2, -0.15) is 0 Å². The Morgan fingerprint density at radius 2 is 2.00 bits per heavy atom. The maximum Gasteiger partial charge on any atom is 0.247 e. The maximum absolute atomic E-state index is 12.9. The molecule has 0 aliphatic heterocycles. The molecule has 2 heterocycles. The lowest BCUT2D eigenvalue weighted by atomic mass is 10.2. The van der Waals surface area contributed by atoms with Gasteiger partial charge in [-0.05, 0) is 38.1 Å². The zero-order chi connectivity index (χ0) is 16.2. The molecule has 3 aromatic rings. The average Bonchev–Trinajstić information content (AvgIpc) is 3.18. The Hall–Kier alpha value is -2.00. The van der Waals surface area contributed by atoms with Crippen molar-refractivity contribution in [1.29, 1.82) is 0 Å². The summed E-state index contributed by atoms with van der Waals surface area (Å²) in [4.78, 5) is 0. The fourth-order valence-corrected chi connectivity index (χ4v) is 3.78. The summed E-state index contributed by atoms with van der Waals surface area (Å²) in [7, 11) is 0. The van der Waals surface area contributed by atoms with Crippen molar-refractivity contribution in [2.24, 2.45) is 0 Å². The summed E-state index contributed by atoms with van der Waals surface area (Å²) in [6.45, 7) is 4.77. The monoisotopic (exact) mass is 351 g/mol. The molecule has 3 rings (SSSR count). The van der Waals surface area contributed by atoms with E-state index < -0.39 is 0 Å². The Balaban J connectivity index is 1.70. The van der Waals surface area contributed by atoms with E-state index in [0.29, 0.717) is 17.3 Å². The molecule has 0 aliphatic rings. The van der Waals surface area contributed by atoms with Crippen LogP contribution in [0.5, 0.6) is 0 Å². The summed E-state index contributed by atoms with van der Waals surface area (Å²) >= 11 is 2.99. The van der Waals surface area contributed by atoms with E-state index in [-0.39, 0.29) is 11.1 Å². The van der Waals surface area contributed by atoms with Gasteiger partial charge in [-0.1, -0.05) is 23.1 Å². The van der Waals surface area contributed by atoms with Crippen LogP contribution >= 0.6 is 23.1 Å². The standard InChI is InChI=1S/C14H14FN5OS2/c1-3-16-13-19-20-14(23-13)22-8(2)11-17-18-12(21-11)9-4-6-10(15)7-5-9/h4-8H,3H2,1-2H3,(H,16,19)/t8-/m1/s1. The molecule has 1 N–H and O–H groups in total. The van der Waals surface area contributed by atoms with Crippen LogP contribution in [0.15, 0.2) is 33.0 Å². The van der Waals surface area contributed by atoms with Gasteiger partial charge in [0.25, 0.3) is 0 Å². The van der Waals surface area contributed by atoms with E-state index in [1.807, 2.05) is 13.8 Å². The minimum Gasteiger partial charge on any atom is -0.419 e. The minimum atomic E-state index is -0.301. The van der Waals surface area contributed by atoms with E-state index in [1.165, 1.54) is 35.2 Å². The van der Waals surface area contributed by atoms with E-state index >= 15 is 0 Å².